The number of rotatable bonds is 3. The fourth-order valence-electron chi connectivity index (χ4n) is 4.55. The minimum absolute atomic E-state index is 0.0541. The fraction of sp³-hybridized carbons (Fsp3) is 0.450. The summed E-state index contributed by atoms with van der Waals surface area (Å²) in [6.07, 6.45) is -0.130. The van der Waals surface area contributed by atoms with Crippen LogP contribution in [0.5, 0.6) is 0 Å². The minimum atomic E-state index is -2.57. The Hall–Kier alpha value is -2.57. The zero-order valence-electron chi connectivity index (χ0n) is 15.5. The summed E-state index contributed by atoms with van der Waals surface area (Å²) in [7, 11) is 0. The first kappa shape index (κ1) is 17.8. The molecule has 142 valence electrons. The standard InChI is InChI=1S/C20H22F2N4O/c1-4-20(12-7-5-6-11(8-12)16(21)22)13-10-23-26-17(13)24-14-9-19(2,3)25-18(27)15(14)20/h5-8,10,16-17,24H,4,9H2,1-3H3,(H,25,27). The van der Waals surface area contributed by atoms with Crippen molar-refractivity contribution in [2.45, 2.75) is 57.2 Å². The molecule has 0 bridgehead atoms. The van der Waals surface area contributed by atoms with E-state index in [0.717, 1.165) is 11.3 Å². The van der Waals surface area contributed by atoms with E-state index in [1.165, 1.54) is 12.1 Å². The van der Waals surface area contributed by atoms with Crippen LogP contribution in [0.2, 0.25) is 0 Å². The lowest BCUT2D eigenvalue weighted by atomic mass is 9.62. The van der Waals surface area contributed by atoms with Crippen molar-refractivity contribution in [3.8, 4) is 0 Å². The third-order valence-electron chi connectivity index (χ3n) is 5.67. The molecule has 0 saturated heterocycles. The number of halogens is 2. The van der Waals surface area contributed by atoms with Crippen LogP contribution in [0.1, 0.15) is 51.2 Å². The number of carbonyl (C=O) groups excluding carboxylic acids is 1. The number of nitrogens with zero attached hydrogens (tertiary/aromatic N) is 2. The first-order valence-electron chi connectivity index (χ1n) is 9.10. The molecule has 1 amide bonds. The smallest absolute Gasteiger partial charge is 0.263 e. The molecule has 3 aliphatic heterocycles. The number of alkyl halides is 2. The second kappa shape index (κ2) is 5.97. The zero-order valence-corrected chi connectivity index (χ0v) is 15.5. The lowest BCUT2D eigenvalue weighted by Crippen LogP contribution is -2.58. The predicted octanol–water partition coefficient (Wildman–Crippen LogP) is 4.10. The molecular weight excluding hydrogens is 350 g/mol. The van der Waals surface area contributed by atoms with Crippen molar-refractivity contribution < 1.29 is 13.6 Å². The normalized spacial score (nSPS) is 28.4. The van der Waals surface area contributed by atoms with E-state index < -0.39 is 17.4 Å². The summed E-state index contributed by atoms with van der Waals surface area (Å²) in [5.74, 6) is -0.177. The number of amides is 1. The van der Waals surface area contributed by atoms with Crippen LogP contribution in [0.25, 0.3) is 0 Å². The molecule has 2 atom stereocenters. The van der Waals surface area contributed by atoms with Gasteiger partial charge in [-0.05, 0) is 31.9 Å². The van der Waals surface area contributed by atoms with Gasteiger partial charge >= 0.3 is 0 Å². The fourth-order valence-corrected chi connectivity index (χ4v) is 4.55. The summed E-state index contributed by atoms with van der Waals surface area (Å²) in [4.78, 5) is 13.2. The van der Waals surface area contributed by atoms with Gasteiger partial charge in [-0.1, -0.05) is 25.1 Å². The summed E-state index contributed by atoms with van der Waals surface area (Å²) in [5.41, 5.74) is 1.62. The summed E-state index contributed by atoms with van der Waals surface area (Å²) in [6.45, 7) is 5.89. The second-order valence-electron chi connectivity index (χ2n) is 7.92. The third-order valence-corrected chi connectivity index (χ3v) is 5.67. The van der Waals surface area contributed by atoms with Crippen LogP contribution >= 0.6 is 0 Å². The highest BCUT2D eigenvalue weighted by Crippen LogP contribution is 2.51. The number of nitrogens with one attached hydrogen (secondary N) is 2. The molecule has 5 nitrogen and oxygen atoms in total. The molecule has 1 aromatic carbocycles. The first-order valence-corrected chi connectivity index (χ1v) is 9.10. The van der Waals surface area contributed by atoms with Crippen LogP contribution in [-0.2, 0) is 10.2 Å². The lowest BCUT2D eigenvalue weighted by Gasteiger charge is -2.48. The Labute approximate surface area is 156 Å². The predicted molar refractivity (Wildman–Crippen MR) is 97.1 cm³/mol. The first-order chi connectivity index (χ1) is 12.8. The maximum Gasteiger partial charge on any atom is 0.263 e. The number of benzene rings is 1. The topological polar surface area (TPSA) is 65.8 Å². The number of carbonyl (C=O) groups is 1. The third kappa shape index (κ3) is 2.59. The molecule has 3 aliphatic rings. The van der Waals surface area contributed by atoms with Crippen LogP contribution < -0.4 is 10.6 Å². The van der Waals surface area contributed by atoms with Gasteiger partial charge in [0.2, 0.25) is 0 Å². The van der Waals surface area contributed by atoms with Gasteiger partial charge in [0.1, 0.15) is 0 Å². The molecule has 0 saturated carbocycles. The highest BCUT2D eigenvalue weighted by Gasteiger charge is 2.53. The maximum atomic E-state index is 13.4. The van der Waals surface area contributed by atoms with Crippen molar-refractivity contribution in [2.24, 2.45) is 10.2 Å². The van der Waals surface area contributed by atoms with Crippen molar-refractivity contribution in [3.05, 3.63) is 58.4 Å². The summed E-state index contributed by atoms with van der Waals surface area (Å²) >= 11 is 0. The Bertz CT molecular complexity index is 903. The van der Waals surface area contributed by atoms with E-state index in [-0.39, 0.29) is 17.6 Å². The number of hydrogen-bond donors (Lipinski definition) is 2. The average molecular weight is 372 g/mol. The Balaban J connectivity index is 1.98. The van der Waals surface area contributed by atoms with Gasteiger partial charge in [0.15, 0.2) is 6.17 Å². The van der Waals surface area contributed by atoms with Gasteiger partial charge in [-0.25, -0.2) is 8.78 Å². The van der Waals surface area contributed by atoms with E-state index >= 15 is 0 Å². The SMILES string of the molecule is CCC1(c2cccc(C(F)F)c2)C2=CN=NC2NC2=C1C(=O)NC(C)(C)C2. The van der Waals surface area contributed by atoms with E-state index in [0.29, 0.717) is 24.0 Å². The molecule has 27 heavy (non-hydrogen) atoms. The molecule has 4 rings (SSSR count). The molecule has 0 aliphatic carbocycles. The average Bonchev–Trinajstić information content (AvgIpc) is 3.07. The summed E-state index contributed by atoms with van der Waals surface area (Å²) in [6, 6.07) is 6.36. The highest BCUT2D eigenvalue weighted by atomic mass is 19.3. The van der Waals surface area contributed by atoms with Gasteiger partial charge in [0.25, 0.3) is 12.3 Å². The highest BCUT2D eigenvalue weighted by molar-refractivity contribution is 6.00. The molecule has 2 unspecified atom stereocenters. The van der Waals surface area contributed by atoms with Gasteiger partial charge in [0.05, 0.1) is 17.2 Å². The van der Waals surface area contributed by atoms with Crippen LogP contribution in [0.3, 0.4) is 0 Å². The summed E-state index contributed by atoms with van der Waals surface area (Å²) in [5, 5.41) is 14.7. The molecule has 0 fully saturated rings. The molecule has 0 radical (unpaired) electrons. The number of hydrogen-bond acceptors (Lipinski definition) is 4. The van der Waals surface area contributed by atoms with Crippen LogP contribution in [0, 0.1) is 0 Å². The van der Waals surface area contributed by atoms with Crippen LogP contribution in [0.15, 0.2) is 57.5 Å². The van der Waals surface area contributed by atoms with Gasteiger partial charge in [-0.2, -0.15) is 10.2 Å². The van der Waals surface area contributed by atoms with Gasteiger partial charge in [0, 0.05) is 28.8 Å². The molecule has 0 spiro atoms. The van der Waals surface area contributed by atoms with Crippen molar-refractivity contribution in [1.29, 1.82) is 0 Å². The molecule has 7 heteroatoms. The van der Waals surface area contributed by atoms with E-state index in [4.69, 9.17) is 0 Å². The van der Waals surface area contributed by atoms with Crippen LogP contribution in [-0.4, -0.2) is 17.6 Å². The number of azo groups is 1. The van der Waals surface area contributed by atoms with Crippen molar-refractivity contribution in [2.75, 3.05) is 0 Å². The summed E-state index contributed by atoms with van der Waals surface area (Å²) < 4.78 is 26.7. The van der Waals surface area contributed by atoms with Crippen LogP contribution in [0.4, 0.5) is 8.78 Å². The zero-order chi connectivity index (χ0) is 19.4. The Kier molecular flexibility index (Phi) is 3.94. The van der Waals surface area contributed by atoms with E-state index in [2.05, 4.69) is 20.9 Å². The monoisotopic (exact) mass is 372 g/mol. The van der Waals surface area contributed by atoms with Crippen molar-refractivity contribution >= 4 is 5.91 Å². The molecule has 0 aromatic heterocycles. The lowest BCUT2D eigenvalue weighted by molar-refractivity contribution is -0.120. The molecular formula is C20H22F2N4O. The van der Waals surface area contributed by atoms with E-state index in [1.807, 2.05) is 26.8 Å². The van der Waals surface area contributed by atoms with Gasteiger partial charge in [-0.3, -0.25) is 4.79 Å². The quantitative estimate of drug-likeness (QED) is 0.839. The van der Waals surface area contributed by atoms with Crippen molar-refractivity contribution in [1.82, 2.24) is 10.6 Å². The molecule has 3 heterocycles. The number of fused-ring (bicyclic) bond motifs is 1. The second-order valence-corrected chi connectivity index (χ2v) is 7.92. The van der Waals surface area contributed by atoms with Crippen molar-refractivity contribution in [3.63, 3.8) is 0 Å². The Morgan fingerprint density at radius 3 is 2.81 bits per heavy atom. The molecule has 2 N–H and O–H groups in total. The minimum Gasteiger partial charge on any atom is -0.362 e. The molecule has 1 aromatic rings. The maximum absolute atomic E-state index is 13.4. The van der Waals surface area contributed by atoms with E-state index in [9.17, 15) is 13.6 Å². The Morgan fingerprint density at radius 1 is 1.33 bits per heavy atom. The Morgan fingerprint density at radius 2 is 2.11 bits per heavy atom. The largest absolute Gasteiger partial charge is 0.362 e. The van der Waals surface area contributed by atoms with Gasteiger partial charge < -0.3 is 10.6 Å². The van der Waals surface area contributed by atoms with E-state index in [1.54, 1.807) is 12.3 Å². The van der Waals surface area contributed by atoms with Gasteiger partial charge in [-0.15, -0.1) is 0 Å².